The highest BCUT2D eigenvalue weighted by Gasteiger charge is 2.03. The Morgan fingerprint density at radius 2 is 1.94 bits per heavy atom. The van der Waals surface area contributed by atoms with E-state index in [1.165, 1.54) is 11.1 Å². The van der Waals surface area contributed by atoms with Gasteiger partial charge in [0, 0.05) is 11.6 Å². The number of nitrogens with two attached hydrogens (primary N) is 1. The van der Waals surface area contributed by atoms with Crippen molar-refractivity contribution in [3.63, 3.8) is 0 Å². The van der Waals surface area contributed by atoms with E-state index in [4.69, 9.17) is 17.3 Å². The Morgan fingerprint density at radius 1 is 1.17 bits per heavy atom. The molecule has 0 atom stereocenters. The summed E-state index contributed by atoms with van der Waals surface area (Å²) in [5.41, 5.74) is 11.0. The van der Waals surface area contributed by atoms with Gasteiger partial charge in [-0.25, -0.2) is 0 Å². The van der Waals surface area contributed by atoms with Crippen molar-refractivity contribution in [3.05, 3.63) is 58.1 Å². The first-order valence-electron chi connectivity index (χ1n) is 5.91. The smallest absolute Gasteiger partial charge is 0.0591 e. The summed E-state index contributed by atoms with van der Waals surface area (Å²) in [6.07, 6.45) is 0. The second kappa shape index (κ2) is 5.32. The Hall–Kier alpha value is -1.67. The van der Waals surface area contributed by atoms with Crippen molar-refractivity contribution in [1.82, 2.24) is 0 Å². The summed E-state index contributed by atoms with van der Waals surface area (Å²) in [4.78, 5) is 0. The molecule has 0 spiro atoms. The third kappa shape index (κ3) is 2.96. The quantitative estimate of drug-likeness (QED) is 0.814. The topological polar surface area (TPSA) is 38.0 Å². The van der Waals surface area contributed by atoms with Crippen molar-refractivity contribution in [2.45, 2.75) is 20.4 Å². The molecular formula is C15H17ClN2. The van der Waals surface area contributed by atoms with E-state index in [0.717, 1.165) is 28.5 Å². The van der Waals surface area contributed by atoms with Gasteiger partial charge in [0.15, 0.2) is 0 Å². The lowest BCUT2D eigenvalue weighted by Crippen LogP contribution is -2.03. The van der Waals surface area contributed by atoms with Crippen LogP contribution in [-0.2, 0) is 6.54 Å². The summed E-state index contributed by atoms with van der Waals surface area (Å²) >= 11 is 6.10. The molecule has 3 N–H and O–H groups in total. The molecule has 0 aromatic heterocycles. The average Bonchev–Trinajstić information content (AvgIpc) is 2.32. The molecule has 3 heteroatoms. The molecule has 0 saturated carbocycles. The summed E-state index contributed by atoms with van der Waals surface area (Å²) in [6, 6.07) is 12.1. The number of nitrogens with one attached hydrogen (secondary N) is 1. The van der Waals surface area contributed by atoms with E-state index in [2.05, 4.69) is 36.5 Å². The fourth-order valence-corrected chi connectivity index (χ4v) is 2.04. The van der Waals surface area contributed by atoms with Crippen LogP contribution in [0.4, 0.5) is 11.4 Å². The Balaban J connectivity index is 2.13. The van der Waals surface area contributed by atoms with E-state index >= 15 is 0 Å². The Kier molecular flexibility index (Phi) is 3.78. The van der Waals surface area contributed by atoms with Crippen molar-refractivity contribution < 1.29 is 0 Å². The molecule has 2 aromatic rings. The molecule has 0 heterocycles. The van der Waals surface area contributed by atoms with E-state index in [1.54, 1.807) is 0 Å². The summed E-state index contributed by atoms with van der Waals surface area (Å²) in [5, 5.41) is 4.05. The number of benzene rings is 2. The zero-order valence-electron chi connectivity index (χ0n) is 10.6. The standard InChI is InChI=1S/C15H17ClN2/c1-10-4-3-5-12(6-10)9-18-15-8-13(16)11(2)7-14(15)17/h3-8,18H,9,17H2,1-2H3. The fourth-order valence-electron chi connectivity index (χ4n) is 1.88. The predicted octanol–water partition coefficient (Wildman–Crippen LogP) is 4.15. The van der Waals surface area contributed by atoms with Crippen LogP contribution in [0.5, 0.6) is 0 Å². The number of aryl methyl sites for hydroxylation is 2. The minimum Gasteiger partial charge on any atom is -0.397 e. The SMILES string of the molecule is Cc1cccc(CNc2cc(Cl)c(C)cc2N)c1. The molecule has 2 aromatic carbocycles. The second-order valence-electron chi connectivity index (χ2n) is 4.53. The van der Waals surface area contributed by atoms with Crippen LogP contribution >= 0.6 is 11.6 Å². The Morgan fingerprint density at radius 3 is 2.67 bits per heavy atom. The zero-order chi connectivity index (χ0) is 13.1. The Bertz CT molecular complexity index is 564. The molecule has 0 unspecified atom stereocenters. The minimum absolute atomic E-state index is 0.726. The van der Waals surface area contributed by atoms with Crippen LogP contribution in [-0.4, -0.2) is 0 Å². The van der Waals surface area contributed by atoms with Crippen LogP contribution in [0.25, 0.3) is 0 Å². The molecule has 94 valence electrons. The fraction of sp³-hybridized carbons (Fsp3) is 0.200. The number of anilines is 2. The van der Waals surface area contributed by atoms with E-state index in [0.29, 0.717) is 0 Å². The van der Waals surface area contributed by atoms with E-state index in [1.807, 2.05) is 19.1 Å². The molecule has 0 aliphatic rings. The number of rotatable bonds is 3. The first-order chi connectivity index (χ1) is 8.56. The second-order valence-corrected chi connectivity index (χ2v) is 4.94. The van der Waals surface area contributed by atoms with Crippen LogP contribution in [0.3, 0.4) is 0 Å². The van der Waals surface area contributed by atoms with Crippen molar-refractivity contribution in [2.75, 3.05) is 11.1 Å². The molecule has 2 rings (SSSR count). The molecule has 0 amide bonds. The molecule has 0 aliphatic heterocycles. The molecular weight excluding hydrogens is 244 g/mol. The summed E-state index contributed by atoms with van der Waals surface area (Å²) in [5.74, 6) is 0. The molecule has 0 saturated heterocycles. The first-order valence-corrected chi connectivity index (χ1v) is 6.29. The van der Waals surface area contributed by atoms with Gasteiger partial charge in [-0.3, -0.25) is 0 Å². The molecule has 0 radical (unpaired) electrons. The molecule has 0 aliphatic carbocycles. The monoisotopic (exact) mass is 260 g/mol. The number of nitrogen functional groups attached to an aromatic ring is 1. The highest BCUT2D eigenvalue weighted by molar-refractivity contribution is 6.31. The van der Waals surface area contributed by atoms with Gasteiger partial charge in [0.25, 0.3) is 0 Å². The Labute approximate surface area is 113 Å². The van der Waals surface area contributed by atoms with E-state index in [-0.39, 0.29) is 0 Å². The van der Waals surface area contributed by atoms with Crippen molar-refractivity contribution in [1.29, 1.82) is 0 Å². The van der Waals surface area contributed by atoms with Gasteiger partial charge in [0.2, 0.25) is 0 Å². The van der Waals surface area contributed by atoms with Crippen LogP contribution in [0, 0.1) is 13.8 Å². The maximum absolute atomic E-state index is 6.10. The highest BCUT2D eigenvalue weighted by Crippen LogP contribution is 2.27. The summed E-state index contributed by atoms with van der Waals surface area (Å²) < 4.78 is 0. The van der Waals surface area contributed by atoms with Crippen molar-refractivity contribution >= 4 is 23.0 Å². The predicted molar refractivity (Wildman–Crippen MR) is 79.1 cm³/mol. The van der Waals surface area contributed by atoms with Gasteiger partial charge in [0.1, 0.15) is 0 Å². The molecule has 2 nitrogen and oxygen atoms in total. The van der Waals surface area contributed by atoms with Gasteiger partial charge in [-0.15, -0.1) is 0 Å². The lowest BCUT2D eigenvalue weighted by molar-refractivity contribution is 1.14. The first kappa shape index (κ1) is 12.8. The molecule has 0 bridgehead atoms. The van der Waals surface area contributed by atoms with Crippen molar-refractivity contribution in [2.24, 2.45) is 0 Å². The number of hydrogen-bond donors (Lipinski definition) is 2. The largest absolute Gasteiger partial charge is 0.397 e. The lowest BCUT2D eigenvalue weighted by atomic mass is 10.1. The van der Waals surface area contributed by atoms with Crippen LogP contribution in [0.15, 0.2) is 36.4 Å². The van der Waals surface area contributed by atoms with Gasteiger partial charge < -0.3 is 11.1 Å². The number of halogens is 1. The number of hydrogen-bond acceptors (Lipinski definition) is 2. The van der Waals surface area contributed by atoms with Gasteiger partial charge >= 0.3 is 0 Å². The molecule has 0 fully saturated rings. The van der Waals surface area contributed by atoms with Gasteiger partial charge in [-0.05, 0) is 37.1 Å². The van der Waals surface area contributed by atoms with Gasteiger partial charge in [-0.1, -0.05) is 41.4 Å². The lowest BCUT2D eigenvalue weighted by Gasteiger charge is -2.11. The maximum atomic E-state index is 6.10. The normalized spacial score (nSPS) is 10.4. The van der Waals surface area contributed by atoms with E-state index in [9.17, 15) is 0 Å². The van der Waals surface area contributed by atoms with Gasteiger partial charge in [0.05, 0.1) is 11.4 Å². The maximum Gasteiger partial charge on any atom is 0.0591 e. The third-order valence-electron chi connectivity index (χ3n) is 2.90. The molecule has 18 heavy (non-hydrogen) atoms. The van der Waals surface area contributed by atoms with Crippen LogP contribution in [0.2, 0.25) is 5.02 Å². The summed E-state index contributed by atoms with van der Waals surface area (Å²) in [6.45, 7) is 4.77. The third-order valence-corrected chi connectivity index (χ3v) is 3.30. The zero-order valence-corrected chi connectivity index (χ0v) is 11.4. The van der Waals surface area contributed by atoms with Gasteiger partial charge in [-0.2, -0.15) is 0 Å². The summed E-state index contributed by atoms with van der Waals surface area (Å²) in [7, 11) is 0. The van der Waals surface area contributed by atoms with E-state index < -0.39 is 0 Å². The highest BCUT2D eigenvalue weighted by atomic mass is 35.5. The van der Waals surface area contributed by atoms with Crippen molar-refractivity contribution in [3.8, 4) is 0 Å². The average molecular weight is 261 g/mol. The van der Waals surface area contributed by atoms with Crippen LogP contribution in [0.1, 0.15) is 16.7 Å². The minimum atomic E-state index is 0.726. The van der Waals surface area contributed by atoms with Crippen LogP contribution < -0.4 is 11.1 Å².